The van der Waals surface area contributed by atoms with Crippen LogP contribution in [0.25, 0.3) is 6.08 Å². The first kappa shape index (κ1) is 13.6. The van der Waals surface area contributed by atoms with Gasteiger partial charge in [-0.05, 0) is 23.8 Å². The second-order valence-corrected chi connectivity index (χ2v) is 4.14. The highest BCUT2D eigenvalue weighted by Crippen LogP contribution is 2.17. The lowest BCUT2D eigenvalue weighted by molar-refractivity contribution is 0.104. The van der Waals surface area contributed by atoms with Gasteiger partial charge in [0, 0.05) is 5.56 Å². The van der Waals surface area contributed by atoms with Crippen molar-refractivity contribution in [2.24, 2.45) is 0 Å². The smallest absolute Gasteiger partial charge is 0.203 e. The van der Waals surface area contributed by atoms with E-state index in [0.29, 0.717) is 11.3 Å². The molecule has 0 aliphatic rings. The number of allylic oxidation sites excluding steroid dienone is 1. The fourth-order valence-electron chi connectivity index (χ4n) is 1.79. The molecule has 2 aromatic carbocycles. The van der Waals surface area contributed by atoms with Crippen LogP contribution >= 0.6 is 0 Å². The SMILES string of the molecule is COc1cccc(/C=C(\C#N)C(=O)c2ccccc2)c1. The summed E-state index contributed by atoms with van der Waals surface area (Å²) < 4.78 is 5.12. The zero-order valence-corrected chi connectivity index (χ0v) is 11.0. The highest BCUT2D eigenvalue weighted by atomic mass is 16.5. The van der Waals surface area contributed by atoms with Gasteiger partial charge < -0.3 is 4.74 Å². The summed E-state index contributed by atoms with van der Waals surface area (Å²) in [6.07, 6.45) is 1.57. The molecule has 2 aromatic rings. The molecule has 0 aliphatic heterocycles. The van der Waals surface area contributed by atoms with Crippen LogP contribution in [-0.2, 0) is 0 Å². The molecule has 0 saturated heterocycles. The van der Waals surface area contributed by atoms with E-state index in [4.69, 9.17) is 4.74 Å². The zero-order valence-electron chi connectivity index (χ0n) is 11.0. The lowest BCUT2D eigenvalue weighted by atomic mass is 10.0. The van der Waals surface area contributed by atoms with Gasteiger partial charge in [-0.3, -0.25) is 4.79 Å². The van der Waals surface area contributed by atoms with Crippen molar-refractivity contribution >= 4 is 11.9 Å². The number of hydrogen-bond acceptors (Lipinski definition) is 3. The Morgan fingerprint density at radius 2 is 1.90 bits per heavy atom. The molecule has 0 bridgehead atoms. The average molecular weight is 263 g/mol. The molecule has 0 aliphatic carbocycles. The number of carbonyl (C=O) groups excluding carboxylic acids is 1. The van der Waals surface area contributed by atoms with Crippen LogP contribution in [0.4, 0.5) is 0 Å². The Morgan fingerprint density at radius 3 is 2.55 bits per heavy atom. The van der Waals surface area contributed by atoms with Gasteiger partial charge in [-0.25, -0.2) is 0 Å². The van der Waals surface area contributed by atoms with Gasteiger partial charge >= 0.3 is 0 Å². The lowest BCUT2D eigenvalue weighted by Gasteiger charge is -2.02. The Kier molecular flexibility index (Phi) is 4.31. The van der Waals surface area contributed by atoms with Crippen molar-refractivity contribution in [2.75, 3.05) is 7.11 Å². The van der Waals surface area contributed by atoms with Crippen molar-refractivity contribution in [3.05, 3.63) is 71.3 Å². The molecular formula is C17H13NO2. The van der Waals surface area contributed by atoms with E-state index in [2.05, 4.69) is 0 Å². The third-order valence-electron chi connectivity index (χ3n) is 2.81. The number of Topliss-reactive ketones (excluding diaryl/α,β-unsaturated/α-hetero) is 1. The van der Waals surface area contributed by atoms with Crippen molar-refractivity contribution in [1.82, 2.24) is 0 Å². The minimum atomic E-state index is -0.282. The second-order valence-electron chi connectivity index (χ2n) is 4.14. The van der Waals surface area contributed by atoms with Crippen molar-refractivity contribution in [3.63, 3.8) is 0 Å². The van der Waals surface area contributed by atoms with Crippen LogP contribution in [0.3, 0.4) is 0 Å². The molecule has 0 saturated carbocycles. The van der Waals surface area contributed by atoms with E-state index in [1.807, 2.05) is 30.3 Å². The van der Waals surface area contributed by atoms with E-state index >= 15 is 0 Å². The number of hydrogen-bond donors (Lipinski definition) is 0. The predicted molar refractivity (Wildman–Crippen MR) is 77.4 cm³/mol. The number of ketones is 1. The Hall–Kier alpha value is -2.86. The van der Waals surface area contributed by atoms with E-state index < -0.39 is 0 Å². The first-order valence-corrected chi connectivity index (χ1v) is 6.10. The highest BCUT2D eigenvalue weighted by molar-refractivity contribution is 6.14. The van der Waals surface area contributed by atoms with Crippen LogP contribution < -0.4 is 4.74 Å². The van der Waals surface area contributed by atoms with Gasteiger partial charge in [0.25, 0.3) is 0 Å². The van der Waals surface area contributed by atoms with E-state index in [1.165, 1.54) is 0 Å². The van der Waals surface area contributed by atoms with Crippen molar-refractivity contribution in [1.29, 1.82) is 5.26 Å². The molecule has 0 spiro atoms. The van der Waals surface area contributed by atoms with Gasteiger partial charge in [0.1, 0.15) is 17.4 Å². The molecule has 0 heterocycles. The fraction of sp³-hybridized carbons (Fsp3) is 0.0588. The third kappa shape index (κ3) is 3.12. The molecule has 0 amide bonds. The van der Waals surface area contributed by atoms with Crippen molar-refractivity contribution < 1.29 is 9.53 Å². The quantitative estimate of drug-likeness (QED) is 0.482. The zero-order chi connectivity index (χ0) is 14.4. The molecule has 3 nitrogen and oxygen atoms in total. The number of nitrogens with zero attached hydrogens (tertiary/aromatic N) is 1. The molecule has 0 N–H and O–H groups in total. The maximum absolute atomic E-state index is 12.2. The van der Waals surface area contributed by atoms with Crippen LogP contribution in [0.15, 0.2) is 60.2 Å². The highest BCUT2D eigenvalue weighted by Gasteiger charge is 2.11. The maximum Gasteiger partial charge on any atom is 0.203 e. The van der Waals surface area contributed by atoms with Crippen LogP contribution in [0.5, 0.6) is 5.75 Å². The van der Waals surface area contributed by atoms with Gasteiger partial charge in [-0.1, -0.05) is 42.5 Å². The average Bonchev–Trinajstić information content (AvgIpc) is 2.53. The molecule has 0 radical (unpaired) electrons. The molecule has 3 heteroatoms. The summed E-state index contributed by atoms with van der Waals surface area (Å²) in [5, 5.41) is 9.18. The Bertz CT molecular complexity index is 682. The first-order chi connectivity index (χ1) is 9.74. The Balaban J connectivity index is 2.35. The van der Waals surface area contributed by atoms with E-state index in [-0.39, 0.29) is 11.4 Å². The van der Waals surface area contributed by atoms with Crippen molar-refractivity contribution in [3.8, 4) is 11.8 Å². The largest absolute Gasteiger partial charge is 0.497 e. The van der Waals surface area contributed by atoms with Crippen LogP contribution in [0.2, 0.25) is 0 Å². The van der Waals surface area contributed by atoms with Gasteiger partial charge in [0.2, 0.25) is 5.78 Å². The molecule has 98 valence electrons. The van der Waals surface area contributed by atoms with Gasteiger partial charge in [0.05, 0.1) is 7.11 Å². The van der Waals surface area contributed by atoms with Crippen LogP contribution in [0.1, 0.15) is 15.9 Å². The van der Waals surface area contributed by atoms with Gasteiger partial charge in [-0.2, -0.15) is 5.26 Å². The van der Waals surface area contributed by atoms with E-state index in [9.17, 15) is 10.1 Å². The summed E-state index contributed by atoms with van der Waals surface area (Å²) in [6, 6.07) is 17.9. The van der Waals surface area contributed by atoms with Gasteiger partial charge in [-0.15, -0.1) is 0 Å². The Labute approximate surface area is 117 Å². The number of ether oxygens (including phenoxy) is 1. The van der Waals surface area contributed by atoms with E-state index in [1.54, 1.807) is 43.5 Å². The number of benzene rings is 2. The molecule has 0 unspecified atom stereocenters. The van der Waals surface area contributed by atoms with Gasteiger partial charge in [0.15, 0.2) is 0 Å². The second kappa shape index (κ2) is 6.35. The summed E-state index contributed by atoms with van der Waals surface area (Å²) in [7, 11) is 1.57. The lowest BCUT2D eigenvalue weighted by Crippen LogP contribution is -2.01. The van der Waals surface area contributed by atoms with E-state index in [0.717, 1.165) is 5.56 Å². The predicted octanol–water partition coefficient (Wildman–Crippen LogP) is 3.49. The monoisotopic (exact) mass is 263 g/mol. The first-order valence-electron chi connectivity index (χ1n) is 6.10. The molecule has 2 rings (SSSR count). The summed E-state index contributed by atoms with van der Waals surface area (Å²) in [6.45, 7) is 0. The Morgan fingerprint density at radius 1 is 1.15 bits per heavy atom. The summed E-state index contributed by atoms with van der Waals surface area (Å²) >= 11 is 0. The van der Waals surface area contributed by atoms with Crippen LogP contribution in [-0.4, -0.2) is 12.9 Å². The number of rotatable bonds is 4. The summed E-state index contributed by atoms with van der Waals surface area (Å²) in [4.78, 5) is 12.2. The van der Waals surface area contributed by atoms with Crippen LogP contribution in [0, 0.1) is 11.3 Å². The number of carbonyl (C=O) groups is 1. The standard InChI is InChI=1S/C17H13NO2/c1-20-16-9-5-6-13(11-16)10-15(12-18)17(19)14-7-3-2-4-8-14/h2-11H,1H3/b15-10+. The minimum absolute atomic E-state index is 0.101. The van der Waals surface area contributed by atoms with Crippen molar-refractivity contribution in [2.45, 2.75) is 0 Å². The maximum atomic E-state index is 12.2. The normalized spacial score (nSPS) is 10.7. The summed E-state index contributed by atoms with van der Waals surface area (Å²) in [5.41, 5.74) is 1.36. The molecular weight excluding hydrogens is 250 g/mol. The molecule has 0 fully saturated rings. The molecule has 0 atom stereocenters. The minimum Gasteiger partial charge on any atom is -0.497 e. The number of methoxy groups -OCH3 is 1. The molecule has 20 heavy (non-hydrogen) atoms. The number of nitriles is 1. The summed E-state index contributed by atoms with van der Waals surface area (Å²) in [5.74, 6) is 0.402. The molecule has 0 aromatic heterocycles. The third-order valence-corrected chi connectivity index (χ3v) is 2.81. The topological polar surface area (TPSA) is 50.1 Å². The fourth-order valence-corrected chi connectivity index (χ4v) is 1.79.